The minimum absolute atomic E-state index is 0.145. The molecule has 0 atom stereocenters. The van der Waals surface area contributed by atoms with Crippen LogP contribution in [0.1, 0.15) is 11.1 Å². The van der Waals surface area contributed by atoms with Crippen LogP contribution in [0.4, 0.5) is 0 Å². The van der Waals surface area contributed by atoms with Crippen LogP contribution in [-0.2, 0) is 10.0 Å². The van der Waals surface area contributed by atoms with Gasteiger partial charge < -0.3 is 5.11 Å². The molecular formula is C16H15N3O3S. The number of hydrazone groups is 1. The number of nitrogens with zero attached hydrogens (tertiary/aromatic N) is 3. The molecule has 0 aliphatic carbocycles. The largest absolute Gasteiger partial charge is 0.394 e. The SMILES string of the molecule is O=S1(=O)N=C(N(CCO)N=Cc2ccccc2)c2ccccc21. The number of sulfonamides is 1. The molecule has 0 saturated carbocycles. The van der Waals surface area contributed by atoms with Gasteiger partial charge in [0.15, 0.2) is 5.84 Å². The van der Waals surface area contributed by atoms with Crippen molar-refractivity contribution < 1.29 is 13.5 Å². The summed E-state index contributed by atoms with van der Waals surface area (Å²) in [5, 5.41) is 14.9. The highest BCUT2D eigenvalue weighted by Crippen LogP contribution is 2.27. The number of aliphatic hydroxyl groups excluding tert-OH is 1. The molecule has 118 valence electrons. The van der Waals surface area contributed by atoms with Crippen molar-refractivity contribution in [2.24, 2.45) is 9.50 Å². The fourth-order valence-corrected chi connectivity index (χ4v) is 3.47. The molecule has 6 nitrogen and oxygen atoms in total. The first kappa shape index (κ1) is 15.4. The van der Waals surface area contributed by atoms with E-state index in [-0.39, 0.29) is 23.9 Å². The molecule has 0 aromatic heterocycles. The van der Waals surface area contributed by atoms with Gasteiger partial charge in [-0.15, -0.1) is 4.40 Å². The van der Waals surface area contributed by atoms with Crippen LogP contribution in [0.25, 0.3) is 0 Å². The van der Waals surface area contributed by atoms with Crippen LogP contribution in [0.3, 0.4) is 0 Å². The number of aliphatic hydroxyl groups is 1. The lowest BCUT2D eigenvalue weighted by atomic mass is 10.2. The van der Waals surface area contributed by atoms with Gasteiger partial charge in [0.2, 0.25) is 0 Å². The number of fused-ring (bicyclic) bond motifs is 1. The zero-order valence-electron chi connectivity index (χ0n) is 12.2. The summed E-state index contributed by atoms with van der Waals surface area (Å²) in [4.78, 5) is 0.160. The molecule has 0 radical (unpaired) electrons. The molecule has 0 unspecified atom stereocenters. The summed E-state index contributed by atoms with van der Waals surface area (Å²) < 4.78 is 28.0. The third-order valence-corrected chi connectivity index (χ3v) is 4.64. The second-order valence-electron chi connectivity index (χ2n) is 4.89. The number of benzene rings is 2. The molecule has 0 spiro atoms. The average molecular weight is 329 g/mol. The van der Waals surface area contributed by atoms with Gasteiger partial charge in [0.1, 0.15) is 4.90 Å². The van der Waals surface area contributed by atoms with E-state index in [4.69, 9.17) is 0 Å². The monoisotopic (exact) mass is 329 g/mol. The van der Waals surface area contributed by atoms with E-state index in [0.29, 0.717) is 5.56 Å². The molecule has 0 saturated heterocycles. The highest BCUT2D eigenvalue weighted by molar-refractivity contribution is 7.90. The Balaban J connectivity index is 1.98. The van der Waals surface area contributed by atoms with Crippen molar-refractivity contribution in [3.63, 3.8) is 0 Å². The van der Waals surface area contributed by atoms with Crippen molar-refractivity contribution in [2.45, 2.75) is 4.90 Å². The fraction of sp³-hybridized carbons (Fsp3) is 0.125. The van der Waals surface area contributed by atoms with Gasteiger partial charge in [0.05, 0.1) is 19.4 Å². The predicted molar refractivity (Wildman–Crippen MR) is 88.0 cm³/mol. The van der Waals surface area contributed by atoms with E-state index in [2.05, 4.69) is 9.50 Å². The molecule has 7 heteroatoms. The van der Waals surface area contributed by atoms with Crippen molar-refractivity contribution in [3.8, 4) is 0 Å². The molecule has 2 aromatic carbocycles. The molecule has 1 aliphatic heterocycles. The van der Waals surface area contributed by atoms with E-state index in [1.54, 1.807) is 24.4 Å². The van der Waals surface area contributed by atoms with Crippen molar-refractivity contribution in [2.75, 3.05) is 13.2 Å². The molecule has 1 heterocycles. The summed E-state index contributed by atoms with van der Waals surface area (Å²) in [6, 6.07) is 16.0. The standard InChI is InChI=1S/C16H15N3O3S/c20-11-10-19(17-12-13-6-2-1-3-7-13)16-14-8-4-5-9-15(14)23(21,22)18-16/h1-9,12,20H,10-11H2. The van der Waals surface area contributed by atoms with Crippen LogP contribution in [0.15, 0.2) is 69.0 Å². The van der Waals surface area contributed by atoms with Gasteiger partial charge in [0.25, 0.3) is 10.0 Å². The first-order valence-corrected chi connectivity index (χ1v) is 8.47. The molecule has 23 heavy (non-hydrogen) atoms. The Morgan fingerprint density at radius 3 is 2.52 bits per heavy atom. The maximum absolute atomic E-state index is 12.1. The molecule has 0 amide bonds. The molecule has 0 bridgehead atoms. The van der Waals surface area contributed by atoms with Crippen LogP contribution in [0.5, 0.6) is 0 Å². The van der Waals surface area contributed by atoms with Crippen molar-refractivity contribution in [1.82, 2.24) is 5.01 Å². The van der Waals surface area contributed by atoms with Crippen LogP contribution >= 0.6 is 0 Å². The van der Waals surface area contributed by atoms with Gasteiger partial charge in [-0.3, -0.25) is 0 Å². The summed E-state index contributed by atoms with van der Waals surface area (Å²) in [5.74, 6) is 0.224. The normalized spacial score (nSPS) is 15.4. The molecule has 1 aliphatic rings. The van der Waals surface area contributed by atoms with E-state index in [9.17, 15) is 13.5 Å². The Morgan fingerprint density at radius 1 is 1.09 bits per heavy atom. The first-order chi connectivity index (χ1) is 11.1. The lowest BCUT2D eigenvalue weighted by molar-refractivity contribution is 0.254. The Hall–Kier alpha value is -2.51. The minimum Gasteiger partial charge on any atom is -0.394 e. The molecule has 3 rings (SSSR count). The van der Waals surface area contributed by atoms with Crippen LogP contribution in [0.2, 0.25) is 0 Å². The van der Waals surface area contributed by atoms with Crippen LogP contribution < -0.4 is 0 Å². The summed E-state index contributed by atoms with van der Waals surface area (Å²) >= 11 is 0. The molecular weight excluding hydrogens is 314 g/mol. The van der Waals surface area contributed by atoms with Crippen molar-refractivity contribution >= 4 is 22.1 Å². The predicted octanol–water partition coefficient (Wildman–Crippen LogP) is 1.46. The third-order valence-electron chi connectivity index (χ3n) is 3.31. The summed E-state index contributed by atoms with van der Waals surface area (Å²) in [7, 11) is -3.71. The summed E-state index contributed by atoms with van der Waals surface area (Å²) in [6.07, 6.45) is 1.60. The van der Waals surface area contributed by atoms with Gasteiger partial charge in [-0.05, 0) is 17.7 Å². The van der Waals surface area contributed by atoms with Gasteiger partial charge in [0, 0.05) is 5.56 Å². The Bertz CT molecular complexity index is 861. The lowest BCUT2D eigenvalue weighted by Gasteiger charge is -2.17. The summed E-state index contributed by atoms with van der Waals surface area (Å²) in [6.45, 7) is -0.0284. The molecule has 2 aromatic rings. The molecule has 0 fully saturated rings. The van der Waals surface area contributed by atoms with Crippen molar-refractivity contribution in [3.05, 3.63) is 65.7 Å². The highest BCUT2D eigenvalue weighted by atomic mass is 32.2. The zero-order chi connectivity index (χ0) is 16.3. The number of hydrogen-bond acceptors (Lipinski definition) is 5. The maximum Gasteiger partial charge on any atom is 0.285 e. The third kappa shape index (κ3) is 3.15. The van der Waals surface area contributed by atoms with Crippen molar-refractivity contribution in [1.29, 1.82) is 0 Å². The minimum atomic E-state index is -3.71. The second kappa shape index (κ2) is 6.31. The maximum atomic E-state index is 12.1. The van der Waals surface area contributed by atoms with Crippen LogP contribution in [-0.4, -0.2) is 43.7 Å². The first-order valence-electron chi connectivity index (χ1n) is 7.03. The quantitative estimate of drug-likeness (QED) is 0.680. The number of hydrogen-bond donors (Lipinski definition) is 1. The van der Waals surface area contributed by atoms with E-state index < -0.39 is 10.0 Å². The Labute approximate surface area is 134 Å². The number of rotatable bonds is 4. The Morgan fingerprint density at radius 2 is 1.78 bits per heavy atom. The molecule has 1 N–H and O–H groups in total. The van der Waals surface area contributed by atoms with E-state index in [1.165, 1.54) is 11.1 Å². The van der Waals surface area contributed by atoms with Gasteiger partial charge in [-0.2, -0.15) is 13.5 Å². The van der Waals surface area contributed by atoms with E-state index >= 15 is 0 Å². The van der Waals surface area contributed by atoms with Gasteiger partial charge in [-0.1, -0.05) is 42.5 Å². The van der Waals surface area contributed by atoms with E-state index in [1.807, 2.05) is 30.3 Å². The lowest BCUT2D eigenvalue weighted by Crippen LogP contribution is -2.28. The average Bonchev–Trinajstić information content (AvgIpc) is 2.84. The zero-order valence-corrected chi connectivity index (χ0v) is 13.0. The van der Waals surface area contributed by atoms with Gasteiger partial charge >= 0.3 is 0 Å². The Kier molecular flexibility index (Phi) is 4.22. The topological polar surface area (TPSA) is 82.3 Å². The fourth-order valence-electron chi connectivity index (χ4n) is 2.26. The van der Waals surface area contributed by atoms with E-state index in [0.717, 1.165) is 5.56 Å². The number of amidine groups is 1. The van der Waals surface area contributed by atoms with Crippen LogP contribution in [0, 0.1) is 0 Å². The second-order valence-corrected chi connectivity index (χ2v) is 6.46. The van der Waals surface area contributed by atoms with Gasteiger partial charge in [-0.25, -0.2) is 5.01 Å². The summed E-state index contributed by atoms with van der Waals surface area (Å²) in [5.41, 5.74) is 1.36. The highest BCUT2D eigenvalue weighted by Gasteiger charge is 2.31. The smallest absolute Gasteiger partial charge is 0.285 e.